The topological polar surface area (TPSA) is 70.5 Å². The first-order valence-corrected chi connectivity index (χ1v) is 10.6. The number of halogens is 3. The van der Waals surface area contributed by atoms with Gasteiger partial charge < -0.3 is 19.7 Å². The number of hydrogen-bond donors (Lipinski definition) is 1. The second kappa shape index (κ2) is 7.57. The largest absolute Gasteiger partial charge is 0.573 e. The van der Waals surface area contributed by atoms with Crippen molar-refractivity contribution in [3.8, 4) is 17.0 Å². The van der Waals surface area contributed by atoms with Gasteiger partial charge in [0, 0.05) is 23.1 Å². The number of ether oxygens (including phenoxy) is 2. The molecule has 2 N–H and O–H groups in total. The van der Waals surface area contributed by atoms with Gasteiger partial charge in [-0.25, -0.2) is 0 Å². The van der Waals surface area contributed by atoms with Crippen molar-refractivity contribution in [1.82, 2.24) is 5.16 Å². The summed E-state index contributed by atoms with van der Waals surface area (Å²) in [5.74, 6) is 1.70. The van der Waals surface area contributed by atoms with Crippen LogP contribution in [0.5, 0.6) is 5.75 Å². The summed E-state index contributed by atoms with van der Waals surface area (Å²) in [6, 6.07) is 6.29. The molecule has 2 bridgehead atoms. The minimum Gasteiger partial charge on any atom is -0.405 e. The lowest BCUT2D eigenvalue weighted by Crippen LogP contribution is -2.40. The molecule has 3 fully saturated rings. The third-order valence-electron chi connectivity index (χ3n) is 6.73. The van der Waals surface area contributed by atoms with Crippen molar-refractivity contribution in [3.63, 3.8) is 0 Å². The van der Waals surface area contributed by atoms with E-state index in [1.165, 1.54) is 12.1 Å². The summed E-state index contributed by atoms with van der Waals surface area (Å²) in [4.78, 5) is 0. The highest BCUT2D eigenvalue weighted by molar-refractivity contribution is 5.70. The molecule has 0 amide bonds. The molecule has 5 rings (SSSR count). The highest BCUT2D eigenvalue weighted by atomic mass is 19.4. The second-order valence-electron chi connectivity index (χ2n) is 8.77. The van der Waals surface area contributed by atoms with Gasteiger partial charge in [-0.1, -0.05) is 17.3 Å². The fourth-order valence-electron chi connectivity index (χ4n) is 5.07. The van der Waals surface area contributed by atoms with Gasteiger partial charge in [0.15, 0.2) is 0 Å². The quantitative estimate of drug-likeness (QED) is 0.697. The van der Waals surface area contributed by atoms with E-state index in [-0.39, 0.29) is 36.0 Å². The average molecular weight is 422 g/mol. The molecule has 1 aromatic heterocycles. The van der Waals surface area contributed by atoms with E-state index >= 15 is 0 Å². The zero-order valence-corrected chi connectivity index (χ0v) is 16.5. The predicted molar refractivity (Wildman–Crippen MR) is 103 cm³/mol. The van der Waals surface area contributed by atoms with Gasteiger partial charge in [0.25, 0.3) is 0 Å². The van der Waals surface area contributed by atoms with Crippen molar-refractivity contribution in [2.24, 2.45) is 17.6 Å². The summed E-state index contributed by atoms with van der Waals surface area (Å²) >= 11 is 0. The molecule has 3 aliphatic carbocycles. The van der Waals surface area contributed by atoms with E-state index in [1.54, 1.807) is 12.1 Å². The van der Waals surface area contributed by atoms with Crippen molar-refractivity contribution < 1.29 is 27.2 Å². The van der Waals surface area contributed by atoms with Crippen LogP contribution in [0.3, 0.4) is 0 Å². The van der Waals surface area contributed by atoms with Crippen molar-refractivity contribution >= 4 is 0 Å². The smallest absolute Gasteiger partial charge is 0.405 e. The minimum absolute atomic E-state index is 0.110. The third kappa shape index (κ3) is 3.95. The van der Waals surface area contributed by atoms with E-state index in [4.69, 9.17) is 15.0 Å². The summed E-state index contributed by atoms with van der Waals surface area (Å²) in [6.45, 7) is 0.268. The van der Waals surface area contributed by atoms with Crippen molar-refractivity contribution in [1.29, 1.82) is 0 Å². The molecular weight excluding hydrogens is 397 g/mol. The number of hydrogen-bond acceptors (Lipinski definition) is 5. The number of nitrogens with zero attached hydrogens (tertiary/aromatic N) is 1. The highest BCUT2D eigenvalue weighted by Crippen LogP contribution is 2.47. The molecule has 2 unspecified atom stereocenters. The molecule has 2 atom stereocenters. The first-order valence-electron chi connectivity index (χ1n) is 10.6. The number of fused-ring (bicyclic) bond motifs is 2. The molecule has 1 aromatic carbocycles. The van der Waals surface area contributed by atoms with Crippen molar-refractivity contribution in [3.05, 3.63) is 35.6 Å². The molecule has 0 saturated heterocycles. The number of aromatic nitrogens is 1. The number of alkyl halides is 3. The number of nitrogens with two attached hydrogens (primary N) is 1. The van der Waals surface area contributed by atoms with Gasteiger partial charge in [-0.05, 0) is 62.5 Å². The van der Waals surface area contributed by atoms with Gasteiger partial charge in [0.2, 0.25) is 0 Å². The Balaban J connectivity index is 1.40. The molecule has 0 aliphatic heterocycles. The molecule has 8 heteroatoms. The Labute approximate surface area is 172 Å². The number of benzene rings is 1. The average Bonchev–Trinajstić information content (AvgIpc) is 3.42. The summed E-state index contributed by atoms with van der Waals surface area (Å²) in [5.41, 5.74) is 7.65. The number of para-hydroxylation sites is 1. The first-order chi connectivity index (χ1) is 14.4. The molecule has 1 heterocycles. The molecule has 3 aliphatic rings. The SMILES string of the molecule is NC1C2CCC1CC(OCc1c(-c3ccccc3OC(F)(F)F)noc1C1CC1)C2. The minimum atomic E-state index is -4.78. The van der Waals surface area contributed by atoms with E-state index in [9.17, 15) is 13.2 Å². The Hall–Kier alpha value is -2.06. The Bertz CT molecular complexity index is 895. The fraction of sp³-hybridized carbons (Fsp3) is 0.591. The maximum absolute atomic E-state index is 12.9. The van der Waals surface area contributed by atoms with Gasteiger partial charge in [0.05, 0.1) is 12.7 Å². The van der Waals surface area contributed by atoms with E-state index in [1.807, 2.05) is 0 Å². The maximum Gasteiger partial charge on any atom is 0.573 e. The van der Waals surface area contributed by atoms with E-state index in [0.717, 1.165) is 49.8 Å². The zero-order chi connectivity index (χ0) is 20.9. The van der Waals surface area contributed by atoms with Crippen LogP contribution in [-0.4, -0.2) is 23.7 Å². The lowest BCUT2D eigenvalue weighted by atomic mass is 9.83. The normalized spacial score (nSPS) is 28.7. The summed E-state index contributed by atoms with van der Waals surface area (Å²) in [5, 5.41) is 4.13. The van der Waals surface area contributed by atoms with Crippen LogP contribution in [-0.2, 0) is 11.3 Å². The fourth-order valence-corrected chi connectivity index (χ4v) is 5.07. The Morgan fingerprint density at radius 2 is 1.77 bits per heavy atom. The van der Waals surface area contributed by atoms with Gasteiger partial charge in [0.1, 0.15) is 17.2 Å². The molecular formula is C22H25F3N2O3. The van der Waals surface area contributed by atoms with Crippen molar-refractivity contribution in [2.75, 3.05) is 0 Å². The van der Waals surface area contributed by atoms with Crippen LogP contribution in [0, 0.1) is 11.8 Å². The van der Waals surface area contributed by atoms with E-state index in [2.05, 4.69) is 9.89 Å². The monoisotopic (exact) mass is 422 g/mol. The van der Waals surface area contributed by atoms with Crippen LogP contribution in [0.25, 0.3) is 11.3 Å². The van der Waals surface area contributed by atoms with Gasteiger partial charge in [-0.2, -0.15) is 0 Å². The lowest BCUT2D eigenvalue weighted by molar-refractivity contribution is -0.274. The van der Waals surface area contributed by atoms with Crippen LogP contribution in [0.2, 0.25) is 0 Å². The zero-order valence-electron chi connectivity index (χ0n) is 16.5. The molecule has 0 spiro atoms. The molecule has 162 valence electrons. The molecule has 30 heavy (non-hydrogen) atoms. The lowest BCUT2D eigenvalue weighted by Gasteiger charge is -2.33. The molecule has 2 aromatic rings. The second-order valence-corrected chi connectivity index (χ2v) is 8.77. The van der Waals surface area contributed by atoms with Crippen LogP contribution < -0.4 is 10.5 Å². The molecule has 5 nitrogen and oxygen atoms in total. The Kier molecular flexibility index (Phi) is 5.01. The van der Waals surface area contributed by atoms with Gasteiger partial charge in [-0.3, -0.25) is 0 Å². The van der Waals surface area contributed by atoms with Crippen LogP contribution in [0.4, 0.5) is 13.2 Å². The Morgan fingerprint density at radius 1 is 1.07 bits per heavy atom. The standard InChI is InChI=1S/C22H25F3N2O3/c23-22(24,25)29-18-4-2-1-3-16(18)20-17(21(30-27-20)12-5-6-12)11-28-15-9-13-7-8-14(10-15)19(13)26/h1-4,12-15,19H,5-11,26H2. The summed E-state index contributed by atoms with van der Waals surface area (Å²) in [6.07, 6.45) is 1.49. The van der Waals surface area contributed by atoms with E-state index < -0.39 is 6.36 Å². The van der Waals surface area contributed by atoms with E-state index in [0.29, 0.717) is 17.5 Å². The third-order valence-corrected chi connectivity index (χ3v) is 6.73. The predicted octanol–water partition coefficient (Wildman–Crippen LogP) is 5.15. The first kappa shape index (κ1) is 19.9. The van der Waals surface area contributed by atoms with Crippen LogP contribution in [0.1, 0.15) is 55.8 Å². The molecule has 0 radical (unpaired) electrons. The Morgan fingerprint density at radius 3 is 2.43 bits per heavy atom. The molecule has 3 saturated carbocycles. The highest BCUT2D eigenvalue weighted by Gasteiger charge is 2.41. The maximum atomic E-state index is 12.9. The summed E-state index contributed by atoms with van der Waals surface area (Å²) < 4.78 is 54.7. The van der Waals surface area contributed by atoms with Crippen LogP contribution >= 0.6 is 0 Å². The van der Waals surface area contributed by atoms with Gasteiger partial charge in [-0.15, -0.1) is 13.2 Å². The summed E-state index contributed by atoms with van der Waals surface area (Å²) in [7, 11) is 0. The van der Waals surface area contributed by atoms with Crippen molar-refractivity contribution in [2.45, 2.75) is 69.6 Å². The van der Waals surface area contributed by atoms with Crippen LogP contribution in [0.15, 0.2) is 28.8 Å². The number of rotatable bonds is 6. The van der Waals surface area contributed by atoms with Gasteiger partial charge >= 0.3 is 6.36 Å².